The Kier molecular flexibility index (Phi) is 1.84. The Balaban J connectivity index is 1.70. The zero-order valence-electron chi connectivity index (χ0n) is 9.54. The maximum absolute atomic E-state index is 5.54. The van der Waals surface area contributed by atoms with Gasteiger partial charge in [0.25, 0.3) is 0 Å². The Morgan fingerprint density at radius 1 is 1.00 bits per heavy atom. The predicted octanol–water partition coefficient (Wildman–Crippen LogP) is 4.19. The molecule has 3 atom stereocenters. The van der Waals surface area contributed by atoms with Crippen LogP contribution in [-0.4, -0.2) is 0 Å². The average Bonchev–Trinajstić information content (AvgIpc) is 2.83. The van der Waals surface area contributed by atoms with Crippen molar-refractivity contribution in [1.29, 1.82) is 0 Å². The summed E-state index contributed by atoms with van der Waals surface area (Å²) in [5.74, 6) is 3.07. The van der Waals surface area contributed by atoms with Crippen LogP contribution >= 0.6 is 0 Å². The topological polar surface area (TPSA) is 13.1 Å². The number of benzene rings is 1. The van der Waals surface area contributed by atoms with Gasteiger partial charge in [0.05, 0.1) is 6.26 Å². The van der Waals surface area contributed by atoms with Gasteiger partial charge in [-0.15, -0.1) is 0 Å². The highest BCUT2D eigenvalue weighted by atomic mass is 16.3. The molecular formula is C16H14O. The van der Waals surface area contributed by atoms with E-state index in [9.17, 15) is 0 Å². The monoisotopic (exact) mass is 222 g/mol. The molecule has 0 spiro atoms. The molecule has 0 aliphatic heterocycles. The quantitative estimate of drug-likeness (QED) is 0.705. The fraction of sp³-hybridized carbons (Fsp3) is 0.250. The third-order valence-corrected chi connectivity index (χ3v) is 4.24. The zero-order chi connectivity index (χ0) is 11.2. The minimum Gasteiger partial charge on any atom is -0.469 e. The Hall–Kier alpha value is -1.76. The van der Waals surface area contributed by atoms with Crippen LogP contribution in [0, 0.1) is 5.92 Å². The molecule has 0 bridgehead atoms. The van der Waals surface area contributed by atoms with Crippen LogP contribution in [0.4, 0.5) is 0 Å². The fourth-order valence-corrected chi connectivity index (χ4v) is 3.30. The van der Waals surface area contributed by atoms with Gasteiger partial charge in [-0.2, -0.15) is 0 Å². The summed E-state index contributed by atoms with van der Waals surface area (Å²) >= 11 is 0. The summed E-state index contributed by atoms with van der Waals surface area (Å²) < 4.78 is 5.54. The molecule has 1 fully saturated rings. The molecule has 84 valence electrons. The van der Waals surface area contributed by atoms with Gasteiger partial charge in [-0.1, -0.05) is 36.4 Å². The molecule has 1 heteroatoms. The summed E-state index contributed by atoms with van der Waals surface area (Å²) in [6.07, 6.45) is 7.64. The van der Waals surface area contributed by atoms with E-state index < -0.39 is 0 Å². The van der Waals surface area contributed by atoms with Gasteiger partial charge in [-0.25, -0.2) is 0 Å². The Labute approximate surface area is 101 Å². The van der Waals surface area contributed by atoms with E-state index in [1.807, 2.05) is 6.07 Å². The molecule has 0 N–H and O–H groups in total. The number of hydrogen-bond donors (Lipinski definition) is 0. The average molecular weight is 222 g/mol. The van der Waals surface area contributed by atoms with Gasteiger partial charge in [0.15, 0.2) is 0 Å². The molecule has 1 aromatic heterocycles. The van der Waals surface area contributed by atoms with Crippen LogP contribution < -0.4 is 0 Å². The molecule has 0 radical (unpaired) electrons. The molecule has 4 rings (SSSR count). The predicted molar refractivity (Wildman–Crippen MR) is 67.8 cm³/mol. The smallest absolute Gasteiger partial charge is 0.107 e. The molecular weight excluding hydrogens is 208 g/mol. The third kappa shape index (κ3) is 1.25. The van der Waals surface area contributed by atoms with Crippen molar-refractivity contribution in [2.75, 3.05) is 0 Å². The highest BCUT2D eigenvalue weighted by Crippen LogP contribution is 2.56. The number of fused-ring (bicyclic) bond motifs is 3. The molecule has 0 amide bonds. The van der Waals surface area contributed by atoms with Crippen molar-refractivity contribution < 1.29 is 4.42 Å². The second kappa shape index (κ2) is 3.36. The lowest BCUT2D eigenvalue weighted by Crippen LogP contribution is -2.33. The van der Waals surface area contributed by atoms with E-state index in [0.717, 1.165) is 5.76 Å². The molecule has 1 heterocycles. The Bertz CT molecular complexity index is 565. The second-order valence-corrected chi connectivity index (χ2v) is 5.03. The molecule has 0 saturated heterocycles. The molecule has 1 saturated carbocycles. The summed E-state index contributed by atoms with van der Waals surface area (Å²) in [7, 11) is 0. The first kappa shape index (κ1) is 9.29. The maximum atomic E-state index is 5.54. The molecule has 2 aliphatic carbocycles. The van der Waals surface area contributed by atoms with E-state index in [-0.39, 0.29) is 0 Å². The van der Waals surface area contributed by atoms with Crippen LogP contribution in [0.1, 0.15) is 35.1 Å². The minimum absolute atomic E-state index is 0.583. The van der Waals surface area contributed by atoms with E-state index in [4.69, 9.17) is 4.42 Å². The summed E-state index contributed by atoms with van der Waals surface area (Å²) in [5, 5.41) is 0. The van der Waals surface area contributed by atoms with Crippen LogP contribution in [0.25, 0.3) is 6.08 Å². The number of furan rings is 1. The summed E-state index contributed by atoms with van der Waals surface area (Å²) in [5.41, 5.74) is 2.91. The van der Waals surface area contributed by atoms with Gasteiger partial charge in [-0.05, 0) is 41.5 Å². The van der Waals surface area contributed by atoms with Crippen LogP contribution in [0.15, 0.2) is 53.2 Å². The van der Waals surface area contributed by atoms with Crippen LogP contribution in [0.3, 0.4) is 0 Å². The first-order valence-electron chi connectivity index (χ1n) is 6.24. The molecule has 2 aromatic rings. The van der Waals surface area contributed by atoms with Crippen molar-refractivity contribution in [3.63, 3.8) is 0 Å². The van der Waals surface area contributed by atoms with Crippen LogP contribution in [0.5, 0.6) is 0 Å². The molecule has 1 nitrogen and oxygen atoms in total. The number of allylic oxidation sites excluding steroid dienone is 1. The lowest BCUT2D eigenvalue weighted by Gasteiger charge is -2.45. The molecule has 0 unspecified atom stereocenters. The summed E-state index contributed by atoms with van der Waals surface area (Å²) in [4.78, 5) is 0. The third-order valence-electron chi connectivity index (χ3n) is 4.24. The van der Waals surface area contributed by atoms with Crippen molar-refractivity contribution in [1.82, 2.24) is 0 Å². The van der Waals surface area contributed by atoms with E-state index in [1.165, 1.54) is 17.5 Å². The summed E-state index contributed by atoms with van der Waals surface area (Å²) in [6, 6.07) is 12.8. The zero-order valence-corrected chi connectivity index (χ0v) is 9.54. The van der Waals surface area contributed by atoms with Crippen molar-refractivity contribution in [3.05, 3.63) is 65.6 Å². The first-order valence-corrected chi connectivity index (χ1v) is 6.24. The molecule has 1 aromatic carbocycles. The second-order valence-electron chi connectivity index (χ2n) is 5.03. The Morgan fingerprint density at radius 3 is 2.82 bits per heavy atom. The lowest BCUT2D eigenvalue weighted by molar-refractivity contribution is 0.222. The van der Waals surface area contributed by atoms with E-state index in [2.05, 4.69) is 42.5 Å². The molecule has 2 aliphatic rings. The van der Waals surface area contributed by atoms with Crippen molar-refractivity contribution in [3.8, 4) is 0 Å². The lowest BCUT2D eigenvalue weighted by atomic mass is 9.59. The largest absolute Gasteiger partial charge is 0.469 e. The van der Waals surface area contributed by atoms with Crippen molar-refractivity contribution in [2.24, 2.45) is 5.92 Å². The first-order chi connectivity index (χ1) is 8.43. The number of hydrogen-bond acceptors (Lipinski definition) is 1. The van der Waals surface area contributed by atoms with Gasteiger partial charge >= 0.3 is 0 Å². The molecule has 17 heavy (non-hydrogen) atoms. The standard InChI is InChI=1S/C16H14O/c1-2-5-12-11(4-1)7-8-13-14(12)10-15(13)16-6-3-9-17-16/h1-9,13-15H,10H2/t13-,14+,15-/m0/s1. The van der Waals surface area contributed by atoms with E-state index >= 15 is 0 Å². The highest BCUT2D eigenvalue weighted by molar-refractivity contribution is 5.60. The number of rotatable bonds is 1. The van der Waals surface area contributed by atoms with E-state index in [1.54, 1.807) is 6.26 Å². The Morgan fingerprint density at radius 2 is 1.94 bits per heavy atom. The van der Waals surface area contributed by atoms with Crippen LogP contribution in [0.2, 0.25) is 0 Å². The van der Waals surface area contributed by atoms with Gasteiger partial charge in [-0.3, -0.25) is 0 Å². The van der Waals surface area contributed by atoms with Crippen molar-refractivity contribution in [2.45, 2.75) is 18.3 Å². The SMILES string of the molecule is C1=C[C@@H]2[C@@H](c3ccco3)C[C@@H]2c2ccccc21. The van der Waals surface area contributed by atoms with Gasteiger partial charge < -0.3 is 4.42 Å². The van der Waals surface area contributed by atoms with Gasteiger partial charge in [0.1, 0.15) is 5.76 Å². The van der Waals surface area contributed by atoms with Crippen molar-refractivity contribution >= 4 is 6.08 Å². The summed E-state index contributed by atoms with van der Waals surface area (Å²) in [6.45, 7) is 0. The fourth-order valence-electron chi connectivity index (χ4n) is 3.30. The van der Waals surface area contributed by atoms with Gasteiger partial charge in [0.2, 0.25) is 0 Å². The van der Waals surface area contributed by atoms with E-state index in [0.29, 0.717) is 17.8 Å². The maximum Gasteiger partial charge on any atom is 0.107 e. The minimum atomic E-state index is 0.583. The highest BCUT2D eigenvalue weighted by Gasteiger charge is 2.44. The van der Waals surface area contributed by atoms with Crippen LogP contribution in [-0.2, 0) is 0 Å². The normalized spacial score (nSPS) is 29.3. The van der Waals surface area contributed by atoms with Gasteiger partial charge in [0, 0.05) is 5.92 Å².